The molecule has 1 heterocycles. The zero-order valence-corrected chi connectivity index (χ0v) is 12.6. The standard InChI is InChI=1S/C16H24N2O2/c1-12(2)16(19)17-13-6-5-9-18(11-13)14-7-4-8-15(10-14)20-3/h4,7-8,10,12-13H,5-6,9,11H2,1-3H3,(H,17,19). The number of hydrogen-bond donors (Lipinski definition) is 1. The van der Waals surface area contributed by atoms with Crippen LogP contribution in [0.4, 0.5) is 5.69 Å². The number of hydrogen-bond acceptors (Lipinski definition) is 3. The van der Waals surface area contributed by atoms with Crippen LogP contribution in [0.25, 0.3) is 0 Å². The number of methoxy groups -OCH3 is 1. The van der Waals surface area contributed by atoms with E-state index in [2.05, 4.69) is 16.3 Å². The molecule has 1 amide bonds. The SMILES string of the molecule is COc1cccc(N2CCCC(NC(=O)C(C)C)C2)c1. The van der Waals surface area contributed by atoms with Crippen LogP contribution >= 0.6 is 0 Å². The molecule has 0 aromatic heterocycles. The van der Waals surface area contributed by atoms with Gasteiger partial charge in [-0.05, 0) is 25.0 Å². The maximum absolute atomic E-state index is 11.8. The number of rotatable bonds is 4. The zero-order chi connectivity index (χ0) is 14.5. The van der Waals surface area contributed by atoms with Gasteiger partial charge in [0.2, 0.25) is 5.91 Å². The molecule has 4 nitrogen and oxygen atoms in total. The summed E-state index contributed by atoms with van der Waals surface area (Å²) in [4.78, 5) is 14.1. The number of nitrogens with one attached hydrogen (secondary N) is 1. The van der Waals surface area contributed by atoms with Crippen molar-refractivity contribution >= 4 is 11.6 Å². The average molecular weight is 276 g/mol. The Kier molecular flexibility index (Phi) is 4.88. The minimum Gasteiger partial charge on any atom is -0.497 e. The van der Waals surface area contributed by atoms with Gasteiger partial charge < -0.3 is 15.0 Å². The average Bonchev–Trinajstić information content (AvgIpc) is 2.47. The van der Waals surface area contributed by atoms with Crippen LogP contribution < -0.4 is 15.0 Å². The molecule has 0 spiro atoms. The largest absolute Gasteiger partial charge is 0.497 e. The van der Waals surface area contributed by atoms with Crippen LogP contribution in [-0.2, 0) is 4.79 Å². The number of piperidine rings is 1. The van der Waals surface area contributed by atoms with Gasteiger partial charge in [0.1, 0.15) is 5.75 Å². The van der Waals surface area contributed by atoms with E-state index in [-0.39, 0.29) is 17.9 Å². The summed E-state index contributed by atoms with van der Waals surface area (Å²) in [5, 5.41) is 3.13. The Bertz CT molecular complexity index is 460. The number of carbonyl (C=O) groups is 1. The number of ether oxygens (including phenoxy) is 1. The van der Waals surface area contributed by atoms with E-state index in [9.17, 15) is 4.79 Å². The van der Waals surface area contributed by atoms with Gasteiger partial charge >= 0.3 is 0 Å². The Morgan fingerprint density at radius 1 is 1.45 bits per heavy atom. The molecule has 20 heavy (non-hydrogen) atoms. The van der Waals surface area contributed by atoms with Crippen molar-refractivity contribution in [3.8, 4) is 5.75 Å². The predicted octanol–water partition coefficient (Wildman–Crippen LogP) is 2.44. The predicted molar refractivity (Wildman–Crippen MR) is 81.2 cm³/mol. The van der Waals surface area contributed by atoms with Crippen molar-refractivity contribution in [2.45, 2.75) is 32.7 Å². The van der Waals surface area contributed by atoms with Gasteiger partial charge in [0, 0.05) is 36.8 Å². The zero-order valence-electron chi connectivity index (χ0n) is 12.6. The lowest BCUT2D eigenvalue weighted by atomic mass is 10.0. The van der Waals surface area contributed by atoms with E-state index in [1.54, 1.807) is 7.11 Å². The molecule has 1 aliphatic rings. The van der Waals surface area contributed by atoms with Gasteiger partial charge in [-0.25, -0.2) is 0 Å². The first kappa shape index (κ1) is 14.7. The molecule has 1 saturated heterocycles. The monoisotopic (exact) mass is 276 g/mol. The highest BCUT2D eigenvalue weighted by atomic mass is 16.5. The van der Waals surface area contributed by atoms with E-state index in [4.69, 9.17) is 4.74 Å². The van der Waals surface area contributed by atoms with Gasteiger partial charge in [0.05, 0.1) is 7.11 Å². The summed E-state index contributed by atoms with van der Waals surface area (Å²) in [6, 6.07) is 8.34. The van der Waals surface area contributed by atoms with Crippen LogP contribution in [0.15, 0.2) is 24.3 Å². The lowest BCUT2D eigenvalue weighted by Crippen LogP contribution is -2.48. The van der Waals surface area contributed by atoms with Crippen molar-refractivity contribution in [2.24, 2.45) is 5.92 Å². The lowest BCUT2D eigenvalue weighted by Gasteiger charge is -2.35. The minimum atomic E-state index is 0.0437. The molecule has 1 atom stereocenters. The molecule has 1 aromatic carbocycles. The summed E-state index contributed by atoms with van der Waals surface area (Å²) in [6.07, 6.45) is 2.15. The van der Waals surface area contributed by atoms with Gasteiger partial charge in [0.25, 0.3) is 0 Å². The molecule has 0 radical (unpaired) electrons. The first-order valence-corrected chi connectivity index (χ1v) is 7.29. The summed E-state index contributed by atoms with van der Waals surface area (Å²) in [5.41, 5.74) is 1.16. The summed E-state index contributed by atoms with van der Waals surface area (Å²) in [7, 11) is 1.68. The van der Waals surface area contributed by atoms with Crippen LogP contribution in [0, 0.1) is 5.92 Å². The summed E-state index contributed by atoms with van der Waals surface area (Å²) in [5.74, 6) is 1.06. The highest BCUT2D eigenvalue weighted by Gasteiger charge is 2.22. The molecule has 1 fully saturated rings. The number of amides is 1. The number of benzene rings is 1. The van der Waals surface area contributed by atoms with E-state index in [0.717, 1.165) is 37.4 Å². The fourth-order valence-corrected chi connectivity index (χ4v) is 2.50. The topological polar surface area (TPSA) is 41.6 Å². The molecule has 0 bridgehead atoms. The van der Waals surface area contributed by atoms with Crippen LogP contribution in [-0.4, -0.2) is 32.1 Å². The Morgan fingerprint density at radius 3 is 2.95 bits per heavy atom. The number of nitrogens with zero attached hydrogens (tertiary/aromatic N) is 1. The van der Waals surface area contributed by atoms with Gasteiger partial charge in [0.15, 0.2) is 0 Å². The van der Waals surface area contributed by atoms with Crippen molar-refractivity contribution in [1.29, 1.82) is 0 Å². The van der Waals surface area contributed by atoms with E-state index in [1.807, 2.05) is 32.0 Å². The Labute approximate surface area is 121 Å². The van der Waals surface area contributed by atoms with Gasteiger partial charge in [-0.15, -0.1) is 0 Å². The molecule has 0 saturated carbocycles. The molecule has 0 aliphatic carbocycles. The quantitative estimate of drug-likeness (QED) is 0.918. The summed E-state index contributed by atoms with van der Waals surface area (Å²) < 4.78 is 5.27. The normalized spacial score (nSPS) is 19.0. The third kappa shape index (κ3) is 3.65. The summed E-state index contributed by atoms with van der Waals surface area (Å²) in [6.45, 7) is 5.75. The second-order valence-corrected chi connectivity index (χ2v) is 5.65. The molecule has 2 rings (SSSR count). The van der Waals surface area contributed by atoms with Crippen molar-refractivity contribution in [3.05, 3.63) is 24.3 Å². The molecule has 1 N–H and O–H groups in total. The number of carbonyl (C=O) groups excluding carboxylic acids is 1. The molecule has 1 unspecified atom stereocenters. The highest BCUT2D eigenvalue weighted by Crippen LogP contribution is 2.24. The Balaban J connectivity index is 2.00. The molecular formula is C16H24N2O2. The van der Waals surface area contributed by atoms with Gasteiger partial charge in [-0.1, -0.05) is 19.9 Å². The molecule has 1 aromatic rings. The fraction of sp³-hybridized carbons (Fsp3) is 0.562. The van der Waals surface area contributed by atoms with Crippen molar-refractivity contribution in [3.63, 3.8) is 0 Å². The fourth-order valence-electron chi connectivity index (χ4n) is 2.50. The minimum absolute atomic E-state index is 0.0437. The van der Waals surface area contributed by atoms with E-state index in [0.29, 0.717) is 0 Å². The van der Waals surface area contributed by atoms with Crippen molar-refractivity contribution in [2.75, 3.05) is 25.1 Å². The third-order valence-corrected chi connectivity index (χ3v) is 3.71. The van der Waals surface area contributed by atoms with E-state index in [1.165, 1.54) is 0 Å². The Morgan fingerprint density at radius 2 is 2.25 bits per heavy atom. The maximum Gasteiger partial charge on any atom is 0.222 e. The highest BCUT2D eigenvalue weighted by molar-refractivity contribution is 5.78. The third-order valence-electron chi connectivity index (χ3n) is 3.71. The smallest absolute Gasteiger partial charge is 0.222 e. The van der Waals surface area contributed by atoms with Crippen LogP contribution in [0.5, 0.6) is 5.75 Å². The summed E-state index contributed by atoms with van der Waals surface area (Å²) >= 11 is 0. The van der Waals surface area contributed by atoms with E-state index >= 15 is 0 Å². The second kappa shape index (κ2) is 6.64. The molecular weight excluding hydrogens is 252 g/mol. The van der Waals surface area contributed by atoms with Crippen LogP contribution in [0.1, 0.15) is 26.7 Å². The van der Waals surface area contributed by atoms with E-state index < -0.39 is 0 Å². The lowest BCUT2D eigenvalue weighted by molar-refractivity contribution is -0.124. The molecule has 1 aliphatic heterocycles. The maximum atomic E-state index is 11.8. The Hall–Kier alpha value is -1.71. The van der Waals surface area contributed by atoms with Crippen LogP contribution in [0.2, 0.25) is 0 Å². The number of anilines is 1. The molecule has 110 valence electrons. The van der Waals surface area contributed by atoms with Gasteiger partial charge in [-0.3, -0.25) is 4.79 Å². The van der Waals surface area contributed by atoms with Gasteiger partial charge in [-0.2, -0.15) is 0 Å². The first-order valence-electron chi connectivity index (χ1n) is 7.29. The molecule has 4 heteroatoms. The second-order valence-electron chi connectivity index (χ2n) is 5.65. The van der Waals surface area contributed by atoms with Crippen molar-refractivity contribution in [1.82, 2.24) is 5.32 Å². The van der Waals surface area contributed by atoms with Crippen molar-refractivity contribution < 1.29 is 9.53 Å². The first-order chi connectivity index (χ1) is 9.60. The van der Waals surface area contributed by atoms with Crippen LogP contribution in [0.3, 0.4) is 0 Å².